The Labute approximate surface area is 178 Å². The minimum atomic E-state index is -0.659. The van der Waals surface area contributed by atoms with E-state index in [1.165, 1.54) is 32.9 Å². The van der Waals surface area contributed by atoms with Crippen LogP contribution in [0.25, 0.3) is 0 Å². The molecule has 1 atom stereocenters. The molecule has 0 saturated carbocycles. The number of carbonyl (C=O) groups excluding carboxylic acids is 5. The first-order valence-corrected chi connectivity index (χ1v) is 9.98. The largest absolute Gasteiger partial charge is 0.426 e. The molecule has 0 spiro atoms. The quantitative estimate of drug-likeness (QED) is 0.474. The Balaban J connectivity index is 2.09. The summed E-state index contributed by atoms with van der Waals surface area (Å²) in [5, 5.41) is 0. The van der Waals surface area contributed by atoms with Crippen molar-refractivity contribution in [2.24, 2.45) is 5.92 Å². The summed E-state index contributed by atoms with van der Waals surface area (Å²) in [6.07, 6.45) is 1.05. The van der Waals surface area contributed by atoms with Gasteiger partial charge >= 0.3 is 11.9 Å². The smallest absolute Gasteiger partial charge is 0.308 e. The van der Waals surface area contributed by atoms with Crippen LogP contribution in [0, 0.1) is 5.92 Å². The van der Waals surface area contributed by atoms with Crippen LogP contribution in [0.2, 0.25) is 0 Å². The Bertz CT molecular complexity index is 1190. The summed E-state index contributed by atoms with van der Waals surface area (Å²) in [6.45, 7) is 3.90. The number of ketones is 3. The maximum absolute atomic E-state index is 13.4. The molecule has 0 amide bonds. The molecule has 1 unspecified atom stereocenters. The molecule has 0 radical (unpaired) electrons. The van der Waals surface area contributed by atoms with Crippen LogP contribution in [0.15, 0.2) is 24.3 Å². The van der Waals surface area contributed by atoms with Crippen LogP contribution in [-0.2, 0) is 27.2 Å². The SMILES string of the molecule is CC(=O)Oc1c2c(c(OC(C)=O)c3c1C(=O)c1ccccc1C3=O)CC(C(C)=O)CC2. The van der Waals surface area contributed by atoms with Crippen molar-refractivity contribution >= 4 is 29.3 Å². The third kappa shape index (κ3) is 3.36. The van der Waals surface area contributed by atoms with Gasteiger partial charge < -0.3 is 9.47 Å². The Hall–Kier alpha value is -3.61. The monoisotopic (exact) mass is 420 g/mol. The third-order valence-electron chi connectivity index (χ3n) is 5.75. The molecule has 158 valence electrons. The van der Waals surface area contributed by atoms with Crippen LogP contribution in [0.1, 0.15) is 70.2 Å². The molecule has 0 fully saturated rings. The zero-order valence-electron chi connectivity index (χ0n) is 17.4. The van der Waals surface area contributed by atoms with Crippen LogP contribution in [-0.4, -0.2) is 29.3 Å². The van der Waals surface area contributed by atoms with Crippen molar-refractivity contribution in [2.75, 3.05) is 0 Å². The van der Waals surface area contributed by atoms with Crippen molar-refractivity contribution in [3.63, 3.8) is 0 Å². The van der Waals surface area contributed by atoms with E-state index in [0.29, 0.717) is 24.0 Å². The average Bonchev–Trinajstić information content (AvgIpc) is 2.72. The number of carbonyl (C=O) groups is 5. The molecule has 2 aliphatic carbocycles. The highest BCUT2D eigenvalue weighted by Crippen LogP contribution is 2.47. The first kappa shape index (κ1) is 20.7. The van der Waals surface area contributed by atoms with Gasteiger partial charge in [-0.25, -0.2) is 0 Å². The van der Waals surface area contributed by atoms with Crippen molar-refractivity contribution in [3.05, 3.63) is 57.6 Å². The molecule has 0 heterocycles. The molecule has 0 aliphatic heterocycles. The Morgan fingerprint density at radius 3 is 1.74 bits per heavy atom. The first-order chi connectivity index (χ1) is 14.7. The second kappa shape index (κ2) is 7.58. The fraction of sp³-hybridized carbons (Fsp3) is 0.292. The van der Waals surface area contributed by atoms with Gasteiger partial charge in [0.1, 0.15) is 17.3 Å². The molecule has 0 N–H and O–H groups in total. The minimum Gasteiger partial charge on any atom is -0.426 e. The third-order valence-corrected chi connectivity index (χ3v) is 5.75. The van der Waals surface area contributed by atoms with Gasteiger partial charge in [0.2, 0.25) is 0 Å². The first-order valence-electron chi connectivity index (χ1n) is 9.98. The van der Waals surface area contributed by atoms with Crippen LogP contribution in [0.3, 0.4) is 0 Å². The van der Waals surface area contributed by atoms with Gasteiger partial charge in [-0.15, -0.1) is 0 Å². The molecule has 4 rings (SSSR count). The zero-order valence-corrected chi connectivity index (χ0v) is 17.4. The van der Waals surface area contributed by atoms with Crippen LogP contribution in [0.4, 0.5) is 0 Å². The van der Waals surface area contributed by atoms with Gasteiger partial charge in [0.25, 0.3) is 0 Å². The van der Waals surface area contributed by atoms with Crippen LogP contribution >= 0.6 is 0 Å². The van der Waals surface area contributed by atoms with Crippen molar-refractivity contribution in [1.29, 1.82) is 0 Å². The van der Waals surface area contributed by atoms with E-state index < -0.39 is 23.5 Å². The van der Waals surface area contributed by atoms with Crippen molar-refractivity contribution < 1.29 is 33.4 Å². The number of Topliss-reactive ketones (excluding diaryl/α,β-unsaturated/α-hetero) is 1. The van der Waals surface area contributed by atoms with Gasteiger partial charge in [-0.1, -0.05) is 24.3 Å². The van der Waals surface area contributed by atoms with E-state index in [-0.39, 0.29) is 51.9 Å². The Morgan fingerprint density at radius 2 is 1.29 bits per heavy atom. The Morgan fingerprint density at radius 1 is 0.806 bits per heavy atom. The van der Waals surface area contributed by atoms with E-state index in [4.69, 9.17) is 9.47 Å². The second-order valence-corrected chi connectivity index (χ2v) is 7.81. The number of fused-ring (bicyclic) bond motifs is 3. The highest BCUT2D eigenvalue weighted by molar-refractivity contribution is 6.30. The summed E-state index contributed by atoms with van der Waals surface area (Å²) < 4.78 is 10.9. The summed E-state index contributed by atoms with van der Waals surface area (Å²) in [4.78, 5) is 62.7. The molecular weight excluding hydrogens is 400 g/mol. The predicted molar refractivity (Wildman–Crippen MR) is 109 cm³/mol. The molecular formula is C24H20O7. The van der Waals surface area contributed by atoms with Crippen molar-refractivity contribution in [3.8, 4) is 11.5 Å². The standard InChI is InChI=1S/C24H20O7/c1-11(25)14-8-9-17-18(10-14)24(31-13(3)27)20-19(23(17)30-12(2)26)21(28)15-6-4-5-7-16(15)22(20)29/h4-7,14H,8-10H2,1-3H3. The normalized spacial score (nSPS) is 16.7. The number of hydrogen-bond acceptors (Lipinski definition) is 7. The van der Waals surface area contributed by atoms with E-state index in [9.17, 15) is 24.0 Å². The molecule has 7 heteroatoms. The average molecular weight is 420 g/mol. The van der Waals surface area contributed by atoms with Gasteiger partial charge in [0.05, 0.1) is 11.1 Å². The van der Waals surface area contributed by atoms with Crippen molar-refractivity contribution in [2.45, 2.75) is 40.0 Å². The number of benzene rings is 2. The predicted octanol–water partition coefficient (Wildman–Crippen LogP) is 3.01. The molecule has 2 aliphatic rings. The summed E-state index contributed by atoms with van der Waals surface area (Å²) in [5.74, 6) is -2.64. The topological polar surface area (TPSA) is 104 Å². The minimum absolute atomic E-state index is 0.0169. The van der Waals surface area contributed by atoms with E-state index in [0.717, 1.165) is 0 Å². The Kier molecular flexibility index (Phi) is 5.05. The number of hydrogen-bond donors (Lipinski definition) is 0. The molecule has 2 aromatic rings. The molecule has 0 bridgehead atoms. The van der Waals surface area contributed by atoms with Crippen molar-refractivity contribution in [1.82, 2.24) is 0 Å². The van der Waals surface area contributed by atoms with Crippen LogP contribution < -0.4 is 9.47 Å². The van der Waals surface area contributed by atoms with Gasteiger partial charge in [-0.05, 0) is 26.2 Å². The lowest BCUT2D eigenvalue weighted by molar-refractivity contribution is -0.133. The maximum atomic E-state index is 13.4. The highest BCUT2D eigenvalue weighted by Gasteiger charge is 2.41. The summed E-state index contributed by atoms with van der Waals surface area (Å²) in [7, 11) is 0. The number of esters is 2. The van der Waals surface area contributed by atoms with E-state index in [2.05, 4.69) is 0 Å². The van der Waals surface area contributed by atoms with Gasteiger partial charge in [-0.3, -0.25) is 24.0 Å². The lowest BCUT2D eigenvalue weighted by Gasteiger charge is -2.31. The zero-order chi connectivity index (χ0) is 22.4. The van der Waals surface area contributed by atoms with Gasteiger partial charge in [0, 0.05) is 42.0 Å². The lowest BCUT2D eigenvalue weighted by Crippen LogP contribution is -2.29. The molecule has 0 saturated heterocycles. The maximum Gasteiger partial charge on any atom is 0.308 e. The van der Waals surface area contributed by atoms with Gasteiger partial charge in [0.15, 0.2) is 11.6 Å². The van der Waals surface area contributed by atoms with Crippen LogP contribution in [0.5, 0.6) is 11.5 Å². The van der Waals surface area contributed by atoms with E-state index in [1.54, 1.807) is 12.1 Å². The highest BCUT2D eigenvalue weighted by atomic mass is 16.5. The molecule has 0 aromatic heterocycles. The summed E-state index contributed by atoms with van der Waals surface area (Å²) in [6, 6.07) is 6.34. The number of ether oxygens (including phenoxy) is 2. The van der Waals surface area contributed by atoms with Gasteiger partial charge in [-0.2, -0.15) is 0 Å². The number of rotatable bonds is 3. The molecule has 7 nitrogen and oxygen atoms in total. The summed E-state index contributed by atoms with van der Waals surface area (Å²) >= 11 is 0. The lowest BCUT2D eigenvalue weighted by atomic mass is 9.75. The second-order valence-electron chi connectivity index (χ2n) is 7.81. The van der Waals surface area contributed by atoms with E-state index >= 15 is 0 Å². The van der Waals surface area contributed by atoms with E-state index in [1.807, 2.05) is 0 Å². The fourth-order valence-corrected chi connectivity index (χ4v) is 4.39. The molecule has 31 heavy (non-hydrogen) atoms. The molecule has 2 aromatic carbocycles. The fourth-order valence-electron chi connectivity index (χ4n) is 4.39. The summed E-state index contributed by atoms with van der Waals surface area (Å²) in [5.41, 5.74) is 1.18.